The zero-order chi connectivity index (χ0) is 9.47. The molecule has 76 valence electrons. The van der Waals surface area contributed by atoms with E-state index in [1.807, 2.05) is 0 Å². The van der Waals surface area contributed by atoms with Crippen LogP contribution >= 0.6 is 0 Å². The largest absolute Gasteiger partial charge is 0.393 e. The van der Waals surface area contributed by atoms with Gasteiger partial charge in [-0.2, -0.15) is 0 Å². The maximum atomic E-state index is 9.97. The first kappa shape index (κ1) is 9.47. The molecule has 0 spiro atoms. The fourth-order valence-electron chi connectivity index (χ4n) is 3.17. The number of rotatable bonds is 0. The second kappa shape index (κ2) is 3.25. The monoisotopic (exact) mass is 184 g/mol. The van der Waals surface area contributed by atoms with Crippen molar-refractivity contribution in [1.82, 2.24) is 0 Å². The zero-order valence-corrected chi connectivity index (χ0v) is 8.37. The van der Waals surface area contributed by atoms with E-state index in [9.17, 15) is 10.2 Å². The molecule has 0 bridgehead atoms. The highest BCUT2D eigenvalue weighted by Gasteiger charge is 2.46. The van der Waals surface area contributed by atoms with Gasteiger partial charge in [0.2, 0.25) is 0 Å². The summed E-state index contributed by atoms with van der Waals surface area (Å²) in [4.78, 5) is 0. The zero-order valence-electron chi connectivity index (χ0n) is 8.37. The van der Waals surface area contributed by atoms with Crippen LogP contribution in [-0.4, -0.2) is 22.4 Å². The molecule has 0 aromatic rings. The summed E-state index contributed by atoms with van der Waals surface area (Å²) in [7, 11) is 0. The molecule has 2 heteroatoms. The minimum atomic E-state index is -0.126. The van der Waals surface area contributed by atoms with Crippen LogP contribution in [-0.2, 0) is 0 Å². The van der Waals surface area contributed by atoms with Gasteiger partial charge in [0.1, 0.15) is 0 Å². The Labute approximate surface area is 80.0 Å². The van der Waals surface area contributed by atoms with Crippen LogP contribution in [0.4, 0.5) is 0 Å². The first-order chi connectivity index (χ1) is 6.13. The predicted molar refractivity (Wildman–Crippen MR) is 51.3 cm³/mol. The lowest BCUT2D eigenvalue weighted by molar-refractivity contribution is -0.0912. The van der Waals surface area contributed by atoms with E-state index in [0.29, 0.717) is 5.92 Å². The van der Waals surface area contributed by atoms with Gasteiger partial charge >= 0.3 is 0 Å². The summed E-state index contributed by atoms with van der Waals surface area (Å²) >= 11 is 0. The van der Waals surface area contributed by atoms with E-state index in [4.69, 9.17) is 0 Å². The molecule has 0 heterocycles. The average Bonchev–Trinajstić information content (AvgIpc) is 2.09. The van der Waals surface area contributed by atoms with Crippen molar-refractivity contribution in [3.05, 3.63) is 0 Å². The molecule has 0 radical (unpaired) electrons. The van der Waals surface area contributed by atoms with E-state index >= 15 is 0 Å². The summed E-state index contributed by atoms with van der Waals surface area (Å²) in [5.41, 5.74) is 0.109. The number of hydrogen-bond donors (Lipinski definition) is 2. The first-order valence-electron chi connectivity index (χ1n) is 5.49. The SMILES string of the molecule is C[C@]12CC[C@H](O)C[C@H]1CCC[C@H]2O. The summed E-state index contributed by atoms with van der Waals surface area (Å²) in [5.74, 6) is 0.556. The van der Waals surface area contributed by atoms with Crippen LogP contribution in [0.1, 0.15) is 45.4 Å². The number of aliphatic hydroxyl groups is 2. The normalized spacial score (nSPS) is 51.5. The Bertz CT molecular complexity index is 193. The first-order valence-corrected chi connectivity index (χ1v) is 5.49. The molecule has 0 aromatic heterocycles. The quantitative estimate of drug-likeness (QED) is 0.601. The van der Waals surface area contributed by atoms with Crippen molar-refractivity contribution in [1.29, 1.82) is 0 Å². The summed E-state index contributed by atoms with van der Waals surface area (Å²) in [5, 5.41) is 19.5. The molecule has 2 fully saturated rings. The predicted octanol–water partition coefficient (Wildman–Crippen LogP) is 1.70. The topological polar surface area (TPSA) is 40.5 Å². The van der Waals surface area contributed by atoms with Crippen molar-refractivity contribution in [2.45, 2.75) is 57.7 Å². The molecule has 2 aliphatic rings. The van der Waals surface area contributed by atoms with Crippen LogP contribution in [0.15, 0.2) is 0 Å². The van der Waals surface area contributed by atoms with Crippen LogP contribution in [0.5, 0.6) is 0 Å². The lowest BCUT2D eigenvalue weighted by Gasteiger charge is -2.49. The second-order valence-electron chi connectivity index (χ2n) is 5.08. The maximum absolute atomic E-state index is 9.97. The number of fused-ring (bicyclic) bond motifs is 1. The van der Waals surface area contributed by atoms with E-state index in [2.05, 4.69) is 6.92 Å². The van der Waals surface area contributed by atoms with Crippen molar-refractivity contribution in [2.24, 2.45) is 11.3 Å². The Balaban J connectivity index is 2.13. The molecular formula is C11H20O2. The number of aliphatic hydroxyl groups excluding tert-OH is 2. The van der Waals surface area contributed by atoms with Gasteiger partial charge in [0.05, 0.1) is 12.2 Å². The van der Waals surface area contributed by atoms with Crippen molar-refractivity contribution in [3.63, 3.8) is 0 Å². The molecule has 0 unspecified atom stereocenters. The van der Waals surface area contributed by atoms with Gasteiger partial charge in [-0.1, -0.05) is 13.3 Å². The van der Waals surface area contributed by atoms with Gasteiger partial charge < -0.3 is 10.2 Å². The molecule has 2 rings (SSSR count). The lowest BCUT2D eigenvalue weighted by atomic mass is 9.58. The van der Waals surface area contributed by atoms with E-state index in [1.165, 1.54) is 6.42 Å². The van der Waals surface area contributed by atoms with Gasteiger partial charge in [-0.25, -0.2) is 0 Å². The Morgan fingerprint density at radius 3 is 2.69 bits per heavy atom. The minimum Gasteiger partial charge on any atom is -0.393 e. The van der Waals surface area contributed by atoms with Crippen LogP contribution in [0.2, 0.25) is 0 Å². The van der Waals surface area contributed by atoms with Crippen molar-refractivity contribution >= 4 is 0 Å². The molecule has 13 heavy (non-hydrogen) atoms. The molecule has 2 aliphatic carbocycles. The molecule has 0 amide bonds. The summed E-state index contributed by atoms with van der Waals surface area (Å²) in [6.45, 7) is 2.20. The van der Waals surface area contributed by atoms with Gasteiger partial charge in [-0.3, -0.25) is 0 Å². The standard InChI is InChI=1S/C11H20O2/c1-11-6-5-9(12)7-8(11)3-2-4-10(11)13/h8-10,12-13H,2-7H2,1H3/t8-,9+,10-,11+/m1/s1. The third kappa shape index (κ3) is 1.50. The molecular weight excluding hydrogens is 164 g/mol. The van der Waals surface area contributed by atoms with Crippen LogP contribution < -0.4 is 0 Å². The summed E-state index contributed by atoms with van der Waals surface area (Å²) < 4.78 is 0. The van der Waals surface area contributed by atoms with Gasteiger partial charge in [0, 0.05) is 0 Å². The van der Waals surface area contributed by atoms with Gasteiger partial charge in [-0.15, -0.1) is 0 Å². The van der Waals surface area contributed by atoms with E-state index in [1.54, 1.807) is 0 Å². The molecule has 0 saturated heterocycles. The Morgan fingerprint density at radius 2 is 1.92 bits per heavy atom. The highest BCUT2D eigenvalue weighted by molar-refractivity contribution is 4.96. The van der Waals surface area contributed by atoms with Gasteiger partial charge in [-0.05, 0) is 43.4 Å². The lowest BCUT2D eigenvalue weighted by Crippen LogP contribution is -2.47. The summed E-state index contributed by atoms with van der Waals surface area (Å²) in [6.07, 6.45) is 5.85. The fraction of sp³-hybridized carbons (Fsp3) is 1.00. The molecule has 2 saturated carbocycles. The molecule has 0 aromatic carbocycles. The summed E-state index contributed by atoms with van der Waals surface area (Å²) in [6, 6.07) is 0. The van der Waals surface area contributed by atoms with Gasteiger partial charge in [0.25, 0.3) is 0 Å². The fourth-order valence-corrected chi connectivity index (χ4v) is 3.17. The Kier molecular flexibility index (Phi) is 2.37. The second-order valence-corrected chi connectivity index (χ2v) is 5.08. The average molecular weight is 184 g/mol. The van der Waals surface area contributed by atoms with Crippen molar-refractivity contribution in [3.8, 4) is 0 Å². The smallest absolute Gasteiger partial charge is 0.0596 e. The highest BCUT2D eigenvalue weighted by Crippen LogP contribution is 2.50. The van der Waals surface area contributed by atoms with E-state index < -0.39 is 0 Å². The third-order valence-electron chi connectivity index (χ3n) is 4.30. The molecule has 0 aliphatic heterocycles. The third-order valence-corrected chi connectivity index (χ3v) is 4.30. The number of hydrogen-bond acceptors (Lipinski definition) is 2. The Morgan fingerprint density at radius 1 is 1.15 bits per heavy atom. The Hall–Kier alpha value is -0.0800. The van der Waals surface area contributed by atoms with E-state index in [0.717, 1.165) is 32.1 Å². The van der Waals surface area contributed by atoms with Crippen LogP contribution in [0, 0.1) is 11.3 Å². The van der Waals surface area contributed by atoms with Gasteiger partial charge in [0.15, 0.2) is 0 Å². The van der Waals surface area contributed by atoms with Crippen LogP contribution in [0.3, 0.4) is 0 Å². The molecule has 4 atom stereocenters. The van der Waals surface area contributed by atoms with E-state index in [-0.39, 0.29) is 17.6 Å². The molecule has 2 N–H and O–H groups in total. The molecule has 2 nitrogen and oxygen atoms in total. The minimum absolute atomic E-state index is 0.108. The highest BCUT2D eigenvalue weighted by atomic mass is 16.3. The van der Waals surface area contributed by atoms with Crippen LogP contribution in [0.25, 0.3) is 0 Å². The maximum Gasteiger partial charge on any atom is 0.0596 e. The van der Waals surface area contributed by atoms with Crippen molar-refractivity contribution < 1.29 is 10.2 Å². The van der Waals surface area contributed by atoms with Crippen molar-refractivity contribution in [2.75, 3.05) is 0 Å².